The van der Waals surface area contributed by atoms with Gasteiger partial charge in [0.1, 0.15) is 12.6 Å². The fourth-order valence-electron chi connectivity index (χ4n) is 4.15. The fraction of sp³-hybridized carbons (Fsp3) is 0.500. The number of hydrogen-bond acceptors (Lipinski definition) is 4. The van der Waals surface area contributed by atoms with Crippen LogP contribution in [0.4, 0.5) is 5.69 Å². The Morgan fingerprint density at radius 3 is 2.22 bits per heavy atom. The lowest BCUT2D eigenvalue weighted by molar-refractivity contribution is -0.140. The summed E-state index contributed by atoms with van der Waals surface area (Å²) in [7, 11) is -3.77. The van der Waals surface area contributed by atoms with Crippen LogP contribution in [-0.2, 0) is 26.2 Å². The smallest absolute Gasteiger partial charge is 0.244 e. The van der Waals surface area contributed by atoms with Crippen LogP contribution in [0.1, 0.15) is 63.6 Å². The number of sulfonamides is 1. The highest BCUT2D eigenvalue weighted by Crippen LogP contribution is 2.29. The number of nitrogens with one attached hydrogen (secondary N) is 1. The summed E-state index contributed by atoms with van der Waals surface area (Å²) in [6, 6.07) is 14.3. The molecule has 1 atom stereocenters. The van der Waals surface area contributed by atoms with Gasteiger partial charge in [0.25, 0.3) is 0 Å². The summed E-state index contributed by atoms with van der Waals surface area (Å²) >= 11 is 0. The predicted molar refractivity (Wildman–Crippen MR) is 146 cm³/mol. The van der Waals surface area contributed by atoms with E-state index in [4.69, 9.17) is 0 Å². The number of hydrogen-bond donors (Lipinski definition) is 1. The molecule has 0 fully saturated rings. The Morgan fingerprint density at radius 2 is 1.67 bits per heavy atom. The molecule has 0 radical (unpaired) electrons. The van der Waals surface area contributed by atoms with Gasteiger partial charge in [-0.15, -0.1) is 0 Å². The summed E-state index contributed by atoms with van der Waals surface area (Å²) in [6.45, 7) is 12.1. The number of carbonyl (C=O) groups excluding carboxylic acids is 2. The van der Waals surface area contributed by atoms with Crippen LogP contribution in [-0.4, -0.2) is 50.5 Å². The fourth-order valence-corrected chi connectivity index (χ4v) is 5.02. The molecule has 0 bridgehead atoms. The first-order chi connectivity index (χ1) is 16.8. The Bertz CT molecular complexity index is 1140. The predicted octanol–water partition coefficient (Wildman–Crippen LogP) is 4.46. The Kier molecular flexibility index (Phi) is 10.5. The van der Waals surface area contributed by atoms with E-state index >= 15 is 0 Å². The molecule has 0 saturated carbocycles. The number of para-hydroxylation sites is 1. The molecule has 7 nitrogen and oxygen atoms in total. The van der Waals surface area contributed by atoms with Crippen molar-refractivity contribution in [3.63, 3.8) is 0 Å². The van der Waals surface area contributed by atoms with Crippen LogP contribution in [0.2, 0.25) is 0 Å². The molecular formula is C28H41N3O4S. The van der Waals surface area contributed by atoms with Gasteiger partial charge in [0.15, 0.2) is 0 Å². The zero-order valence-electron chi connectivity index (χ0n) is 22.6. The van der Waals surface area contributed by atoms with Gasteiger partial charge in [-0.3, -0.25) is 13.9 Å². The molecule has 2 aromatic rings. The Labute approximate surface area is 216 Å². The van der Waals surface area contributed by atoms with Crippen molar-refractivity contribution < 1.29 is 18.0 Å². The first-order valence-electron chi connectivity index (χ1n) is 12.5. The SMILES string of the molecule is CC[C@@H](C(=O)NCC(C)C)N(Cc1cccc(C)c1)C(=O)CN(c1ccccc1C(C)C)S(C)(=O)=O. The number of nitrogens with zero attached hydrogens (tertiary/aromatic N) is 2. The second-order valence-corrected chi connectivity index (χ2v) is 12.0. The van der Waals surface area contributed by atoms with Crippen LogP contribution in [0.3, 0.4) is 0 Å². The number of rotatable bonds is 12. The van der Waals surface area contributed by atoms with Crippen LogP contribution in [0.15, 0.2) is 48.5 Å². The molecule has 2 amide bonds. The maximum atomic E-state index is 13.8. The van der Waals surface area contributed by atoms with Crippen LogP contribution in [0.25, 0.3) is 0 Å². The highest BCUT2D eigenvalue weighted by atomic mass is 32.2. The third kappa shape index (κ3) is 8.08. The van der Waals surface area contributed by atoms with Gasteiger partial charge >= 0.3 is 0 Å². The lowest BCUT2D eigenvalue weighted by Crippen LogP contribution is -2.52. The average molecular weight is 516 g/mol. The second-order valence-electron chi connectivity index (χ2n) is 10.1. The van der Waals surface area contributed by atoms with Crippen molar-refractivity contribution in [1.82, 2.24) is 10.2 Å². The first kappa shape index (κ1) is 29.4. The molecule has 0 aromatic heterocycles. The molecule has 2 aromatic carbocycles. The van der Waals surface area contributed by atoms with Gasteiger partial charge in [0.05, 0.1) is 11.9 Å². The van der Waals surface area contributed by atoms with Crippen molar-refractivity contribution in [1.29, 1.82) is 0 Å². The van der Waals surface area contributed by atoms with E-state index in [9.17, 15) is 18.0 Å². The van der Waals surface area contributed by atoms with Crippen molar-refractivity contribution in [2.45, 2.75) is 66.5 Å². The van der Waals surface area contributed by atoms with Crippen LogP contribution >= 0.6 is 0 Å². The van der Waals surface area contributed by atoms with Gasteiger partial charge < -0.3 is 10.2 Å². The Hall–Kier alpha value is -2.87. The molecule has 0 aliphatic carbocycles. The highest BCUT2D eigenvalue weighted by molar-refractivity contribution is 7.92. The summed E-state index contributed by atoms with van der Waals surface area (Å²) < 4.78 is 26.9. The van der Waals surface area contributed by atoms with Crippen molar-refractivity contribution in [3.05, 3.63) is 65.2 Å². The van der Waals surface area contributed by atoms with E-state index in [1.54, 1.807) is 12.1 Å². The zero-order valence-corrected chi connectivity index (χ0v) is 23.4. The maximum Gasteiger partial charge on any atom is 0.244 e. The van der Waals surface area contributed by atoms with Gasteiger partial charge in [-0.05, 0) is 42.4 Å². The molecule has 8 heteroatoms. The quantitative estimate of drug-likeness (QED) is 0.452. The molecule has 0 heterocycles. The van der Waals surface area contributed by atoms with Crippen molar-refractivity contribution in [2.24, 2.45) is 5.92 Å². The number of amides is 2. The molecule has 1 N–H and O–H groups in total. The lowest BCUT2D eigenvalue weighted by atomic mass is 10.0. The highest BCUT2D eigenvalue weighted by Gasteiger charge is 2.32. The van der Waals surface area contributed by atoms with E-state index < -0.39 is 22.0 Å². The lowest BCUT2D eigenvalue weighted by Gasteiger charge is -2.33. The molecule has 2 rings (SSSR count). The molecule has 0 aliphatic heterocycles. The first-order valence-corrected chi connectivity index (χ1v) is 14.4. The minimum Gasteiger partial charge on any atom is -0.354 e. The Morgan fingerprint density at radius 1 is 1.00 bits per heavy atom. The minimum absolute atomic E-state index is 0.0640. The summed E-state index contributed by atoms with van der Waals surface area (Å²) in [5, 5.41) is 2.94. The van der Waals surface area contributed by atoms with Crippen molar-refractivity contribution in [2.75, 3.05) is 23.7 Å². The van der Waals surface area contributed by atoms with E-state index in [2.05, 4.69) is 5.32 Å². The molecule has 36 heavy (non-hydrogen) atoms. The number of carbonyl (C=O) groups is 2. The molecule has 198 valence electrons. The molecule has 0 saturated heterocycles. The van der Waals surface area contributed by atoms with E-state index in [1.165, 1.54) is 4.90 Å². The van der Waals surface area contributed by atoms with Gasteiger partial charge in [-0.2, -0.15) is 0 Å². The monoisotopic (exact) mass is 515 g/mol. The third-order valence-corrected chi connectivity index (χ3v) is 7.14. The number of benzene rings is 2. The number of anilines is 1. The van der Waals surface area contributed by atoms with Gasteiger partial charge in [-0.1, -0.05) is 82.6 Å². The van der Waals surface area contributed by atoms with Gasteiger partial charge in [-0.25, -0.2) is 8.42 Å². The topological polar surface area (TPSA) is 86.8 Å². The van der Waals surface area contributed by atoms with Crippen molar-refractivity contribution >= 4 is 27.5 Å². The molecule has 0 unspecified atom stereocenters. The Balaban J connectivity index is 2.49. The third-order valence-electron chi connectivity index (χ3n) is 6.01. The molecule has 0 spiro atoms. The molecular weight excluding hydrogens is 474 g/mol. The van der Waals surface area contributed by atoms with Crippen LogP contribution in [0.5, 0.6) is 0 Å². The normalized spacial score (nSPS) is 12.5. The summed E-state index contributed by atoms with van der Waals surface area (Å²) in [5.41, 5.74) is 3.24. The van der Waals surface area contributed by atoms with Crippen molar-refractivity contribution in [3.8, 4) is 0 Å². The largest absolute Gasteiger partial charge is 0.354 e. The maximum absolute atomic E-state index is 13.8. The van der Waals surface area contributed by atoms with Gasteiger partial charge in [0.2, 0.25) is 21.8 Å². The van der Waals surface area contributed by atoms with Crippen LogP contribution < -0.4 is 9.62 Å². The van der Waals surface area contributed by atoms with E-state index in [0.29, 0.717) is 18.7 Å². The van der Waals surface area contributed by atoms with E-state index in [-0.39, 0.29) is 30.8 Å². The second kappa shape index (κ2) is 12.9. The van der Waals surface area contributed by atoms with E-state index in [1.807, 2.05) is 77.9 Å². The summed E-state index contributed by atoms with van der Waals surface area (Å²) in [5.74, 6) is -0.331. The molecule has 0 aliphatic rings. The minimum atomic E-state index is -3.77. The summed E-state index contributed by atoms with van der Waals surface area (Å²) in [6.07, 6.45) is 1.51. The van der Waals surface area contributed by atoms with E-state index in [0.717, 1.165) is 27.3 Å². The standard InChI is InChI=1S/C28H41N3O4S/c1-8-25(28(33)29-17-20(2)3)30(18-23-13-11-12-22(6)16-23)27(32)19-31(36(7,34)35)26-15-10-9-14-24(26)21(4)5/h9-16,20-21,25H,8,17-19H2,1-7H3,(H,29,33)/t25-/m0/s1. The zero-order chi connectivity index (χ0) is 27.0. The summed E-state index contributed by atoms with van der Waals surface area (Å²) in [4.78, 5) is 28.5. The van der Waals surface area contributed by atoms with Gasteiger partial charge in [0, 0.05) is 13.1 Å². The van der Waals surface area contributed by atoms with Crippen LogP contribution in [0, 0.1) is 12.8 Å². The average Bonchev–Trinajstić information content (AvgIpc) is 2.80. The number of aryl methyl sites for hydroxylation is 1.